The van der Waals surface area contributed by atoms with Gasteiger partial charge in [-0.05, 0) is 37.8 Å². The number of aliphatic hydroxyl groups is 1. The highest BCUT2D eigenvalue weighted by Gasteiger charge is 2.21. The third-order valence-electron chi connectivity index (χ3n) is 3.21. The quantitative estimate of drug-likeness (QED) is 0.691. The van der Waals surface area contributed by atoms with Crippen molar-refractivity contribution in [1.82, 2.24) is 10.6 Å². The number of benzene rings is 1. The van der Waals surface area contributed by atoms with Crippen molar-refractivity contribution in [2.24, 2.45) is 5.41 Å². The summed E-state index contributed by atoms with van der Waals surface area (Å²) >= 11 is 0. The lowest BCUT2D eigenvalue weighted by Crippen LogP contribution is -2.44. The van der Waals surface area contributed by atoms with Crippen LogP contribution in [0.4, 0.5) is 4.79 Å². The minimum absolute atomic E-state index is 0.112. The number of hydrogen-bond donors (Lipinski definition) is 3. The zero-order valence-corrected chi connectivity index (χ0v) is 13.9. The second-order valence-electron chi connectivity index (χ2n) is 6.52. The molecule has 0 spiro atoms. The molecule has 0 aliphatic carbocycles. The molecular formula is C17H28N2O3. The Labute approximate surface area is 133 Å². The Bertz CT molecular complexity index is 446. The van der Waals surface area contributed by atoms with E-state index in [0.717, 1.165) is 5.75 Å². The summed E-state index contributed by atoms with van der Waals surface area (Å²) in [5.74, 6) is 0.787. The van der Waals surface area contributed by atoms with E-state index in [2.05, 4.69) is 10.6 Å². The Balaban J connectivity index is 2.25. The second-order valence-corrected chi connectivity index (χ2v) is 6.52. The van der Waals surface area contributed by atoms with Crippen LogP contribution in [0.2, 0.25) is 0 Å². The van der Waals surface area contributed by atoms with E-state index in [0.29, 0.717) is 19.5 Å². The number of hydrogen-bond acceptors (Lipinski definition) is 3. The smallest absolute Gasteiger partial charge is 0.314 e. The van der Waals surface area contributed by atoms with Crippen molar-refractivity contribution >= 4 is 6.03 Å². The average molecular weight is 308 g/mol. The first-order chi connectivity index (χ1) is 10.3. The van der Waals surface area contributed by atoms with Gasteiger partial charge in [0.1, 0.15) is 11.9 Å². The molecule has 0 heterocycles. The van der Waals surface area contributed by atoms with Gasteiger partial charge in [0.05, 0.1) is 12.6 Å². The number of para-hydroxylation sites is 1. The van der Waals surface area contributed by atoms with Gasteiger partial charge in [0.25, 0.3) is 0 Å². The summed E-state index contributed by atoms with van der Waals surface area (Å²) < 4.78 is 5.69. The second kappa shape index (κ2) is 8.63. The van der Waals surface area contributed by atoms with E-state index in [4.69, 9.17) is 4.74 Å². The highest BCUT2D eigenvalue weighted by atomic mass is 16.5. The Morgan fingerprint density at radius 3 is 2.45 bits per heavy atom. The third kappa shape index (κ3) is 7.88. The monoisotopic (exact) mass is 308 g/mol. The molecule has 5 heteroatoms. The molecule has 3 N–H and O–H groups in total. The van der Waals surface area contributed by atoms with Crippen LogP contribution in [-0.4, -0.2) is 36.4 Å². The van der Waals surface area contributed by atoms with Gasteiger partial charge in [-0.15, -0.1) is 0 Å². The highest BCUT2D eigenvalue weighted by molar-refractivity contribution is 5.73. The fraction of sp³-hybridized carbons (Fsp3) is 0.588. The van der Waals surface area contributed by atoms with Crippen LogP contribution in [0, 0.1) is 5.41 Å². The predicted octanol–water partition coefficient (Wildman–Crippen LogP) is 2.55. The molecule has 0 aromatic heterocycles. The first kappa shape index (κ1) is 18.3. The number of rotatable bonds is 8. The van der Waals surface area contributed by atoms with E-state index in [-0.39, 0.29) is 23.7 Å². The normalized spacial score (nSPS) is 14.0. The standard InChI is InChI=1S/C17H28N2O3/c1-13(20)10-17(3,4)12-19-16(21)18-11-14(2)22-15-8-6-5-7-9-15/h5-9,13-14,20H,10-12H2,1-4H3,(H2,18,19,21). The van der Waals surface area contributed by atoms with Gasteiger partial charge < -0.3 is 20.5 Å². The summed E-state index contributed by atoms with van der Waals surface area (Å²) in [6, 6.07) is 9.30. The first-order valence-corrected chi connectivity index (χ1v) is 7.70. The van der Waals surface area contributed by atoms with E-state index in [1.54, 1.807) is 6.92 Å². The van der Waals surface area contributed by atoms with Gasteiger partial charge in [0.2, 0.25) is 0 Å². The molecule has 0 fully saturated rings. The van der Waals surface area contributed by atoms with E-state index in [9.17, 15) is 9.90 Å². The largest absolute Gasteiger partial charge is 0.489 e. The molecule has 0 radical (unpaired) electrons. The number of carbonyl (C=O) groups is 1. The lowest BCUT2D eigenvalue weighted by Gasteiger charge is -2.26. The summed E-state index contributed by atoms with van der Waals surface area (Å²) in [5, 5.41) is 15.0. The van der Waals surface area contributed by atoms with Gasteiger partial charge in [-0.1, -0.05) is 32.0 Å². The van der Waals surface area contributed by atoms with Crippen LogP contribution < -0.4 is 15.4 Å². The Morgan fingerprint density at radius 2 is 1.86 bits per heavy atom. The molecule has 0 saturated heterocycles. The minimum atomic E-state index is -0.376. The van der Waals surface area contributed by atoms with Crippen molar-refractivity contribution in [2.75, 3.05) is 13.1 Å². The van der Waals surface area contributed by atoms with Crippen LogP contribution in [-0.2, 0) is 0 Å². The van der Waals surface area contributed by atoms with Gasteiger partial charge in [-0.3, -0.25) is 0 Å². The topological polar surface area (TPSA) is 70.6 Å². The third-order valence-corrected chi connectivity index (χ3v) is 3.21. The SMILES string of the molecule is CC(O)CC(C)(C)CNC(=O)NCC(C)Oc1ccccc1. The van der Waals surface area contributed by atoms with Crippen LogP contribution in [0.25, 0.3) is 0 Å². The van der Waals surface area contributed by atoms with E-state index in [1.807, 2.05) is 51.1 Å². The highest BCUT2D eigenvalue weighted by Crippen LogP contribution is 2.20. The molecule has 0 bridgehead atoms. The summed E-state index contributed by atoms with van der Waals surface area (Å²) in [4.78, 5) is 11.8. The van der Waals surface area contributed by atoms with Crippen molar-refractivity contribution in [2.45, 2.75) is 46.3 Å². The number of carbonyl (C=O) groups excluding carboxylic acids is 1. The maximum absolute atomic E-state index is 11.8. The Morgan fingerprint density at radius 1 is 1.23 bits per heavy atom. The van der Waals surface area contributed by atoms with Crippen molar-refractivity contribution in [3.63, 3.8) is 0 Å². The molecule has 2 atom stereocenters. The molecular weight excluding hydrogens is 280 g/mol. The first-order valence-electron chi connectivity index (χ1n) is 7.70. The zero-order valence-electron chi connectivity index (χ0n) is 13.9. The molecule has 2 unspecified atom stereocenters. The van der Waals surface area contributed by atoms with Gasteiger partial charge >= 0.3 is 6.03 Å². The lowest BCUT2D eigenvalue weighted by molar-refractivity contribution is 0.128. The Hall–Kier alpha value is -1.75. The maximum atomic E-state index is 11.8. The van der Waals surface area contributed by atoms with E-state index < -0.39 is 0 Å². The number of urea groups is 1. The van der Waals surface area contributed by atoms with Crippen LogP contribution in [0.1, 0.15) is 34.1 Å². The summed E-state index contributed by atoms with van der Waals surface area (Å²) in [6.45, 7) is 8.63. The molecule has 1 aromatic carbocycles. The molecule has 22 heavy (non-hydrogen) atoms. The van der Waals surface area contributed by atoms with Crippen molar-refractivity contribution in [3.8, 4) is 5.75 Å². The molecule has 1 rings (SSSR count). The molecule has 0 aliphatic rings. The summed E-state index contributed by atoms with van der Waals surface area (Å²) in [7, 11) is 0. The Kier molecular flexibility index (Phi) is 7.18. The van der Waals surface area contributed by atoms with Crippen molar-refractivity contribution in [3.05, 3.63) is 30.3 Å². The predicted molar refractivity (Wildman–Crippen MR) is 88.0 cm³/mol. The minimum Gasteiger partial charge on any atom is -0.489 e. The van der Waals surface area contributed by atoms with Crippen LogP contribution >= 0.6 is 0 Å². The molecule has 5 nitrogen and oxygen atoms in total. The number of aliphatic hydroxyl groups excluding tert-OH is 1. The number of amides is 2. The maximum Gasteiger partial charge on any atom is 0.314 e. The van der Waals surface area contributed by atoms with Crippen LogP contribution in [0.5, 0.6) is 5.75 Å². The lowest BCUT2D eigenvalue weighted by atomic mass is 9.87. The summed E-state index contributed by atoms with van der Waals surface area (Å²) in [5.41, 5.74) is -0.141. The fourth-order valence-electron chi connectivity index (χ4n) is 2.26. The van der Waals surface area contributed by atoms with E-state index in [1.165, 1.54) is 0 Å². The van der Waals surface area contributed by atoms with Gasteiger partial charge in [0.15, 0.2) is 0 Å². The summed E-state index contributed by atoms with van der Waals surface area (Å²) in [6.07, 6.45) is 0.152. The average Bonchev–Trinajstić information content (AvgIpc) is 2.43. The molecule has 0 saturated carbocycles. The molecule has 124 valence electrons. The fourth-order valence-corrected chi connectivity index (χ4v) is 2.26. The van der Waals surface area contributed by atoms with Crippen LogP contribution in [0.15, 0.2) is 30.3 Å². The zero-order chi connectivity index (χ0) is 16.6. The van der Waals surface area contributed by atoms with Gasteiger partial charge in [-0.25, -0.2) is 4.79 Å². The van der Waals surface area contributed by atoms with Crippen molar-refractivity contribution in [1.29, 1.82) is 0 Å². The van der Waals surface area contributed by atoms with E-state index >= 15 is 0 Å². The molecule has 1 aromatic rings. The van der Waals surface area contributed by atoms with Gasteiger partial charge in [-0.2, -0.15) is 0 Å². The molecule has 0 aliphatic heterocycles. The number of nitrogens with one attached hydrogen (secondary N) is 2. The molecule has 2 amide bonds. The number of ether oxygens (including phenoxy) is 1. The van der Waals surface area contributed by atoms with Crippen molar-refractivity contribution < 1.29 is 14.6 Å². The van der Waals surface area contributed by atoms with Gasteiger partial charge in [0, 0.05) is 6.54 Å². The van der Waals surface area contributed by atoms with Crippen LogP contribution in [0.3, 0.4) is 0 Å².